The van der Waals surface area contributed by atoms with Crippen LogP contribution in [-0.2, 0) is 0 Å². The normalized spacial score (nSPS) is 12.5. The molecule has 0 aliphatic carbocycles. The van der Waals surface area contributed by atoms with E-state index in [0.29, 0.717) is 5.56 Å². The van der Waals surface area contributed by atoms with Crippen LogP contribution in [0.5, 0.6) is 0 Å². The summed E-state index contributed by atoms with van der Waals surface area (Å²) in [5.41, 5.74) is 0.600. The van der Waals surface area contributed by atoms with Crippen LogP contribution in [0.4, 0.5) is 0 Å². The predicted molar refractivity (Wildman–Crippen MR) is 41.8 cm³/mol. The summed E-state index contributed by atoms with van der Waals surface area (Å²) >= 11 is 0. The van der Waals surface area contributed by atoms with E-state index in [4.69, 9.17) is 10.2 Å². The van der Waals surface area contributed by atoms with Gasteiger partial charge in [0.15, 0.2) is 0 Å². The van der Waals surface area contributed by atoms with Gasteiger partial charge in [0, 0.05) is 12.4 Å². The number of aliphatic hydroxyl groups is 1. The monoisotopic (exact) mass is 167 g/mol. The number of aliphatic hydroxyl groups excluding tert-OH is 1. The summed E-state index contributed by atoms with van der Waals surface area (Å²) in [5, 5.41) is 17.7. The minimum absolute atomic E-state index is 0.0911. The minimum atomic E-state index is -1.04. The lowest BCUT2D eigenvalue weighted by Crippen LogP contribution is -2.00. The molecule has 4 nitrogen and oxygen atoms in total. The summed E-state index contributed by atoms with van der Waals surface area (Å²) in [6.45, 7) is 1.56. The standard InChI is InChI=1S/C8H9NO3/c1-5(10)6-2-7(8(11)12)4-9-3-6/h2-5,10H,1H3,(H,11,12)/t5-/m0/s1. The quantitative estimate of drug-likeness (QED) is 0.684. The van der Waals surface area contributed by atoms with E-state index < -0.39 is 12.1 Å². The Hall–Kier alpha value is -1.42. The van der Waals surface area contributed by atoms with E-state index in [1.807, 2.05) is 0 Å². The highest BCUT2D eigenvalue weighted by Gasteiger charge is 2.06. The topological polar surface area (TPSA) is 70.4 Å². The molecule has 1 aromatic rings. The second-order valence-corrected chi connectivity index (χ2v) is 2.49. The van der Waals surface area contributed by atoms with Crippen LogP contribution in [0.15, 0.2) is 18.5 Å². The van der Waals surface area contributed by atoms with Gasteiger partial charge in [-0.1, -0.05) is 0 Å². The van der Waals surface area contributed by atoms with Crippen LogP contribution in [-0.4, -0.2) is 21.2 Å². The van der Waals surface area contributed by atoms with Gasteiger partial charge < -0.3 is 10.2 Å². The third-order valence-electron chi connectivity index (χ3n) is 1.49. The maximum Gasteiger partial charge on any atom is 0.337 e. The molecular formula is C8H9NO3. The van der Waals surface area contributed by atoms with Gasteiger partial charge in [0.25, 0.3) is 0 Å². The maximum atomic E-state index is 10.5. The van der Waals surface area contributed by atoms with Gasteiger partial charge in [0.1, 0.15) is 0 Å². The van der Waals surface area contributed by atoms with Crippen molar-refractivity contribution in [2.45, 2.75) is 13.0 Å². The van der Waals surface area contributed by atoms with Gasteiger partial charge in [-0.05, 0) is 18.6 Å². The lowest BCUT2D eigenvalue weighted by molar-refractivity contribution is 0.0696. The largest absolute Gasteiger partial charge is 0.478 e. The fourth-order valence-electron chi connectivity index (χ4n) is 0.803. The predicted octanol–water partition coefficient (Wildman–Crippen LogP) is 0.833. The van der Waals surface area contributed by atoms with Gasteiger partial charge in [0.05, 0.1) is 11.7 Å². The number of pyridine rings is 1. The molecule has 12 heavy (non-hydrogen) atoms. The van der Waals surface area contributed by atoms with Crippen molar-refractivity contribution in [2.24, 2.45) is 0 Å². The average Bonchev–Trinajstić information content (AvgIpc) is 2.04. The van der Waals surface area contributed by atoms with Crippen molar-refractivity contribution in [1.82, 2.24) is 4.98 Å². The number of aromatic carboxylic acids is 1. The van der Waals surface area contributed by atoms with E-state index in [-0.39, 0.29) is 5.56 Å². The second-order valence-electron chi connectivity index (χ2n) is 2.49. The van der Waals surface area contributed by atoms with Crippen LogP contribution in [0.1, 0.15) is 28.9 Å². The zero-order valence-electron chi connectivity index (χ0n) is 6.56. The summed E-state index contributed by atoms with van der Waals surface area (Å²) in [6, 6.07) is 1.40. The summed E-state index contributed by atoms with van der Waals surface area (Å²) in [4.78, 5) is 14.1. The molecule has 2 N–H and O–H groups in total. The number of carboxylic acid groups (broad SMARTS) is 1. The van der Waals surface area contributed by atoms with E-state index >= 15 is 0 Å². The fraction of sp³-hybridized carbons (Fsp3) is 0.250. The Labute approximate surface area is 69.5 Å². The Morgan fingerprint density at radius 1 is 1.58 bits per heavy atom. The van der Waals surface area contributed by atoms with E-state index in [2.05, 4.69) is 4.98 Å². The summed E-state index contributed by atoms with van der Waals surface area (Å²) in [6.07, 6.45) is 2.00. The number of aromatic nitrogens is 1. The first-order valence-corrected chi connectivity index (χ1v) is 3.47. The Morgan fingerprint density at radius 3 is 2.75 bits per heavy atom. The number of hydrogen-bond donors (Lipinski definition) is 2. The van der Waals surface area contributed by atoms with Gasteiger partial charge in [-0.2, -0.15) is 0 Å². The first-order valence-electron chi connectivity index (χ1n) is 3.47. The smallest absolute Gasteiger partial charge is 0.337 e. The number of carbonyl (C=O) groups is 1. The molecule has 0 saturated carbocycles. The molecule has 0 saturated heterocycles. The Bertz CT molecular complexity index is 296. The van der Waals surface area contributed by atoms with Gasteiger partial charge >= 0.3 is 5.97 Å². The minimum Gasteiger partial charge on any atom is -0.478 e. The lowest BCUT2D eigenvalue weighted by Gasteiger charge is -2.03. The third kappa shape index (κ3) is 1.79. The number of rotatable bonds is 2. The third-order valence-corrected chi connectivity index (χ3v) is 1.49. The molecule has 1 atom stereocenters. The van der Waals surface area contributed by atoms with E-state index in [0.717, 1.165) is 0 Å². The molecule has 1 aromatic heterocycles. The van der Waals surface area contributed by atoms with Gasteiger partial charge in [-0.25, -0.2) is 4.79 Å². The lowest BCUT2D eigenvalue weighted by atomic mass is 10.1. The van der Waals surface area contributed by atoms with Crippen LogP contribution < -0.4 is 0 Å². The van der Waals surface area contributed by atoms with Crippen LogP contribution in [0, 0.1) is 0 Å². The zero-order valence-corrected chi connectivity index (χ0v) is 6.56. The Kier molecular flexibility index (Phi) is 2.40. The Balaban J connectivity index is 3.04. The highest BCUT2D eigenvalue weighted by atomic mass is 16.4. The average molecular weight is 167 g/mol. The van der Waals surface area contributed by atoms with Crippen molar-refractivity contribution in [3.8, 4) is 0 Å². The molecule has 1 heterocycles. The highest BCUT2D eigenvalue weighted by Crippen LogP contribution is 2.11. The van der Waals surface area contributed by atoms with Crippen molar-refractivity contribution in [1.29, 1.82) is 0 Å². The molecular weight excluding hydrogens is 158 g/mol. The van der Waals surface area contributed by atoms with Gasteiger partial charge in [-0.3, -0.25) is 4.98 Å². The Morgan fingerprint density at radius 2 is 2.25 bits per heavy atom. The molecule has 0 unspecified atom stereocenters. The number of nitrogens with zero attached hydrogens (tertiary/aromatic N) is 1. The van der Waals surface area contributed by atoms with Crippen LogP contribution in [0.25, 0.3) is 0 Å². The summed E-state index contributed by atoms with van der Waals surface area (Å²) in [7, 11) is 0. The van der Waals surface area contributed by atoms with Gasteiger partial charge in [-0.15, -0.1) is 0 Å². The SMILES string of the molecule is C[C@H](O)c1cncc(C(=O)O)c1. The molecule has 64 valence electrons. The van der Waals surface area contributed by atoms with Crippen molar-refractivity contribution in [3.63, 3.8) is 0 Å². The molecule has 0 fully saturated rings. The van der Waals surface area contributed by atoms with Crippen LogP contribution in [0.3, 0.4) is 0 Å². The number of hydrogen-bond acceptors (Lipinski definition) is 3. The maximum absolute atomic E-state index is 10.5. The van der Waals surface area contributed by atoms with Gasteiger partial charge in [0.2, 0.25) is 0 Å². The van der Waals surface area contributed by atoms with Crippen LogP contribution in [0.2, 0.25) is 0 Å². The molecule has 0 radical (unpaired) electrons. The second kappa shape index (κ2) is 3.32. The molecule has 4 heteroatoms. The first-order chi connectivity index (χ1) is 5.61. The zero-order chi connectivity index (χ0) is 9.14. The molecule has 0 aliphatic rings. The molecule has 0 bridgehead atoms. The van der Waals surface area contributed by atoms with E-state index in [1.165, 1.54) is 18.5 Å². The van der Waals surface area contributed by atoms with Crippen LogP contribution >= 0.6 is 0 Å². The fourth-order valence-corrected chi connectivity index (χ4v) is 0.803. The van der Waals surface area contributed by atoms with E-state index in [1.54, 1.807) is 6.92 Å². The van der Waals surface area contributed by atoms with E-state index in [9.17, 15) is 4.79 Å². The summed E-state index contributed by atoms with van der Waals surface area (Å²) in [5.74, 6) is -1.04. The van der Waals surface area contributed by atoms with Crippen molar-refractivity contribution in [2.75, 3.05) is 0 Å². The highest BCUT2D eigenvalue weighted by molar-refractivity contribution is 5.87. The van der Waals surface area contributed by atoms with Crippen molar-refractivity contribution in [3.05, 3.63) is 29.6 Å². The summed E-state index contributed by atoms with van der Waals surface area (Å²) < 4.78 is 0. The first kappa shape index (κ1) is 8.67. The molecule has 0 spiro atoms. The molecule has 1 rings (SSSR count). The molecule has 0 aliphatic heterocycles. The molecule has 0 aromatic carbocycles. The van der Waals surface area contributed by atoms with Crippen molar-refractivity contribution < 1.29 is 15.0 Å². The van der Waals surface area contributed by atoms with Crippen molar-refractivity contribution >= 4 is 5.97 Å². The molecule has 0 amide bonds. The number of carboxylic acids is 1.